The molecular weight excluding hydrogens is 246 g/mol. The zero-order valence-corrected chi connectivity index (χ0v) is 10.2. The molecule has 1 aromatic carbocycles. The largest absolute Gasteiger partial charge is 0.389 e. The second-order valence-corrected chi connectivity index (χ2v) is 4.38. The number of alkyl halides is 3. The van der Waals surface area contributed by atoms with Gasteiger partial charge in [0.2, 0.25) is 0 Å². The van der Waals surface area contributed by atoms with Gasteiger partial charge < -0.3 is 5.32 Å². The molecular formula is C13H17F4N. The molecule has 1 unspecified atom stereocenters. The highest BCUT2D eigenvalue weighted by atomic mass is 19.4. The number of halogens is 4. The summed E-state index contributed by atoms with van der Waals surface area (Å²) in [6.45, 7) is 2.14. The molecule has 0 saturated carbocycles. The normalized spacial score (nSPS) is 13.6. The third-order valence-corrected chi connectivity index (χ3v) is 2.70. The van der Waals surface area contributed by atoms with Gasteiger partial charge in [0.1, 0.15) is 5.82 Å². The number of rotatable bonds is 6. The molecule has 0 bridgehead atoms. The van der Waals surface area contributed by atoms with Crippen molar-refractivity contribution in [2.45, 2.75) is 44.9 Å². The summed E-state index contributed by atoms with van der Waals surface area (Å²) in [7, 11) is 0. The van der Waals surface area contributed by atoms with Crippen LogP contribution in [0.15, 0.2) is 24.3 Å². The fourth-order valence-electron chi connectivity index (χ4n) is 1.64. The Bertz CT molecular complexity index is 362. The van der Waals surface area contributed by atoms with Gasteiger partial charge in [0.25, 0.3) is 0 Å². The molecule has 0 saturated heterocycles. The minimum Gasteiger partial charge on any atom is -0.310 e. The van der Waals surface area contributed by atoms with E-state index in [1.54, 1.807) is 25.1 Å². The lowest BCUT2D eigenvalue weighted by Gasteiger charge is -2.14. The Morgan fingerprint density at radius 2 is 1.89 bits per heavy atom. The topological polar surface area (TPSA) is 12.0 Å². The molecule has 18 heavy (non-hydrogen) atoms. The first-order valence-electron chi connectivity index (χ1n) is 5.92. The van der Waals surface area contributed by atoms with E-state index in [9.17, 15) is 17.6 Å². The van der Waals surface area contributed by atoms with E-state index in [0.29, 0.717) is 18.5 Å². The van der Waals surface area contributed by atoms with Crippen LogP contribution in [-0.2, 0) is 6.54 Å². The second-order valence-electron chi connectivity index (χ2n) is 4.38. The van der Waals surface area contributed by atoms with Crippen LogP contribution in [-0.4, -0.2) is 12.2 Å². The smallest absolute Gasteiger partial charge is 0.310 e. The van der Waals surface area contributed by atoms with Crippen molar-refractivity contribution >= 4 is 0 Å². The number of benzene rings is 1. The lowest BCUT2D eigenvalue weighted by molar-refractivity contribution is -0.135. The lowest BCUT2D eigenvalue weighted by atomic mass is 10.1. The van der Waals surface area contributed by atoms with E-state index in [-0.39, 0.29) is 18.3 Å². The molecule has 0 aromatic heterocycles. The summed E-state index contributed by atoms with van der Waals surface area (Å²) in [5, 5.41) is 3.02. The molecule has 1 nitrogen and oxygen atoms in total. The molecule has 0 heterocycles. The summed E-state index contributed by atoms with van der Waals surface area (Å²) in [6.07, 6.45) is -4.34. The molecule has 1 atom stereocenters. The third kappa shape index (κ3) is 6.00. The van der Waals surface area contributed by atoms with Gasteiger partial charge >= 0.3 is 6.18 Å². The summed E-state index contributed by atoms with van der Waals surface area (Å²) in [5.74, 6) is -0.299. The van der Waals surface area contributed by atoms with Gasteiger partial charge in [0, 0.05) is 24.6 Å². The molecule has 0 radical (unpaired) electrons. The third-order valence-electron chi connectivity index (χ3n) is 2.70. The molecule has 0 aliphatic heterocycles. The highest BCUT2D eigenvalue weighted by Gasteiger charge is 2.26. The molecule has 102 valence electrons. The number of hydrogen-bond donors (Lipinski definition) is 1. The van der Waals surface area contributed by atoms with Crippen molar-refractivity contribution in [3.63, 3.8) is 0 Å². The predicted molar refractivity (Wildman–Crippen MR) is 62.6 cm³/mol. The Hall–Kier alpha value is -1.10. The predicted octanol–water partition coefficient (Wildman–Crippen LogP) is 4.04. The zero-order chi connectivity index (χ0) is 13.6. The van der Waals surface area contributed by atoms with E-state index < -0.39 is 12.6 Å². The minimum absolute atomic E-state index is 0.0630. The van der Waals surface area contributed by atoms with Crippen LogP contribution >= 0.6 is 0 Å². The summed E-state index contributed by atoms with van der Waals surface area (Å²) in [4.78, 5) is 0. The first kappa shape index (κ1) is 15.0. The van der Waals surface area contributed by atoms with E-state index in [1.807, 2.05) is 0 Å². The Morgan fingerprint density at radius 3 is 2.50 bits per heavy atom. The first-order valence-corrected chi connectivity index (χ1v) is 5.92. The molecule has 1 N–H and O–H groups in total. The van der Waals surface area contributed by atoms with Crippen LogP contribution in [0.5, 0.6) is 0 Å². The highest BCUT2D eigenvalue weighted by Crippen LogP contribution is 2.22. The summed E-state index contributed by atoms with van der Waals surface area (Å²) >= 11 is 0. The molecule has 1 rings (SSSR count). The molecule has 0 aliphatic rings. The van der Waals surface area contributed by atoms with Gasteiger partial charge in [-0.05, 0) is 25.8 Å². The van der Waals surface area contributed by atoms with E-state index in [1.165, 1.54) is 6.07 Å². The van der Waals surface area contributed by atoms with Gasteiger partial charge in [0.05, 0.1) is 0 Å². The van der Waals surface area contributed by atoms with Gasteiger partial charge in [-0.3, -0.25) is 0 Å². The summed E-state index contributed by atoms with van der Waals surface area (Å²) in [6, 6.07) is 6.29. The fourth-order valence-corrected chi connectivity index (χ4v) is 1.64. The van der Waals surface area contributed by atoms with Crippen molar-refractivity contribution in [3.8, 4) is 0 Å². The maximum Gasteiger partial charge on any atom is 0.389 e. The average Bonchev–Trinajstić information content (AvgIpc) is 2.26. The van der Waals surface area contributed by atoms with Gasteiger partial charge in [-0.25, -0.2) is 4.39 Å². The Kier molecular flexibility index (Phi) is 5.59. The Labute approximate surface area is 104 Å². The maximum absolute atomic E-state index is 13.3. The van der Waals surface area contributed by atoms with Crippen LogP contribution in [0.4, 0.5) is 17.6 Å². The fraction of sp³-hybridized carbons (Fsp3) is 0.538. The second kappa shape index (κ2) is 6.73. The van der Waals surface area contributed by atoms with Crippen molar-refractivity contribution in [2.75, 3.05) is 0 Å². The van der Waals surface area contributed by atoms with Gasteiger partial charge in [0.15, 0.2) is 0 Å². The van der Waals surface area contributed by atoms with Crippen molar-refractivity contribution < 1.29 is 17.6 Å². The average molecular weight is 263 g/mol. The quantitative estimate of drug-likeness (QED) is 0.764. The van der Waals surface area contributed by atoms with Crippen LogP contribution < -0.4 is 5.32 Å². The zero-order valence-electron chi connectivity index (χ0n) is 10.2. The summed E-state index contributed by atoms with van der Waals surface area (Å²) in [5.41, 5.74) is 0.528. The van der Waals surface area contributed by atoms with Gasteiger partial charge in [-0.2, -0.15) is 13.2 Å². The highest BCUT2D eigenvalue weighted by molar-refractivity contribution is 5.16. The minimum atomic E-state index is -4.09. The van der Waals surface area contributed by atoms with E-state index >= 15 is 0 Å². The molecule has 0 fully saturated rings. The van der Waals surface area contributed by atoms with Crippen LogP contribution in [0.25, 0.3) is 0 Å². The van der Waals surface area contributed by atoms with Gasteiger partial charge in [-0.1, -0.05) is 18.2 Å². The molecule has 5 heteroatoms. The van der Waals surface area contributed by atoms with Crippen LogP contribution in [0.2, 0.25) is 0 Å². The number of hydrogen-bond acceptors (Lipinski definition) is 1. The van der Waals surface area contributed by atoms with Gasteiger partial charge in [-0.15, -0.1) is 0 Å². The monoisotopic (exact) mass is 263 g/mol. The van der Waals surface area contributed by atoms with Crippen LogP contribution in [0.1, 0.15) is 31.7 Å². The van der Waals surface area contributed by atoms with E-state index in [2.05, 4.69) is 5.32 Å². The van der Waals surface area contributed by atoms with Crippen molar-refractivity contribution in [1.82, 2.24) is 5.32 Å². The van der Waals surface area contributed by atoms with Crippen LogP contribution in [0, 0.1) is 5.82 Å². The maximum atomic E-state index is 13.3. The molecule has 1 aromatic rings. The standard InChI is InChI=1S/C13H17F4N/c1-10(5-4-8-13(15,16)17)18-9-11-6-2-3-7-12(11)14/h2-3,6-7,10,18H,4-5,8-9H2,1H3. The molecule has 0 spiro atoms. The molecule has 0 amide bonds. The van der Waals surface area contributed by atoms with Crippen molar-refractivity contribution in [2.24, 2.45) is 0 Å². The Morgan fingerprint density at radius 1 is 1.22 bits per heavy atom. The summed E-state index contributed by atoms with van der Waals surface area (Å²) < 4.78 is 49.1. The van der Waals surface area contributed by atoms with E-state index in [0.717, 1.165) is 0 Å². The van der Waals surface area contributed by atoms with Crippen molar-refractivity contribution in [3.05, 3.63) is 35.6 Å². The van der Waals surface area contributed by atoms with E-state index in [4.69, 9.17) is 0 Å². The van der Waals surface area contributed by atoms with Crippen molar-refractivity contribution in [1.29, 1.82) is 0 Å². The van der Waals surface area contributed by atoms with Crippen LogP contribution in [0.3, 0.4) is 0 Å². The first-order chi connectivity index (χ1) is 8.38. The lowest BCUT2D eigenvalue weighted by Crippen LogP contribution is -2.26. The SMILES string of the molecule is CC(CCCC(F)(F)F)NCc1ccccc1F. The Balaban J connectivity index is 2.25. The molecule has 0 aliphatic carbocycles. The number of nitrogens with one attached hydrogen (secondary N) is 1.